The Hall–Kier alpha value is -0.150. The molecule has 0 amide bonds. The van der Waals surface area contributed by atoms with Crippen molar-refractivity contribution >= 4 is 17.2 Å². The predicted molar refractivity (Wildman–Crippen MR) is 40.4 cm³/mol. The Balaban J connectivity index is 2.70. The molecule has 0 aromatic carbocycles. The lowest BCUT2D eigenvalue weighted by molar-refractivity contribution is 0.133. The van der Waals surface area contributed by atoms with Gasteiger partial charge in [0.15, 0.2) is 0 Å². The van der Waals surface area contributed by atoms with Crippen LogP contribution in [0, 0.1) is 0 Å². The van der Waals surface area contributed by atoms with E-state index in [9.17, 15) is 5.11 Å². The van der Waals surface area contributed by atoms with Gasteiger partial charge in [-0.05, 0) is 13.8 Å². The summed E-state index contributed by atoms with van der Waals surface area (Å²) < 4.78 is 0. The zero-order chi connectivity index (χ0) is 7.07. The van der Waals surface area contributed by atoms with Crippen LogP contribution in [0.1, 0.15) is 20.3 Å². The highest BCUT2D eigenvalue weighted by molar-refractivity contribution is 7.80. The van der Waals surface area contributed by atoms with Gasteiger partial charge < -0.3 is 10.4 Å². The molecule has 0 aliphatic carbocycles. The Morgan fingerprint density at radius 2 is 2.44 bits per heavy atom. The molecule has 1 fully saturated rings. The van der Waals surface area contributed by atoms with E-state index in [0.717, 1.165) is 6.42 Å². The van der Waals surface area contributed by atoms with Gasteiger partial charge >= 0.3 is 0 Å². The smallest absolute Gasteiger partial charge is 0.114 e. The van der Waals surface area contributed by atoms with Crippen LogP contribution in [0.2, 0.25) is 0 Å². The van der Waals surface area contributed by atoms with E-state index < -0.39 is 5.60 Å². The first-order valence-electron chi connectivity index (χ1n) is 3.06. The molecule has 0 aromatic heterocycles. The summed E-state index contributed by atoms with van der Waals surface area (Å²) in [5.74, 6) is 0. The summed E-state index contributed by atoms with van der Waals surface area (Å²) in [6.07, 6.45) is 0.728. The van der Waals surface area contributed by atoms with Crippen LogP contribution in [0.4, 0.5) is 0 Å². The van der Waals surface area contributed by atoms with Crippen molar-refractivity contribution in [2.45, 2.75) is 31.9 Å². The molecule has 2 atom stereocenters. The van der Waals surface area contributed by atoms with Crippen LogP contribution in [0.15, 0.2) is 0 Å². The van der Waals surface area contributed by atoms with Crippen LogP contribution in [0.3, 0.4) is 0 Å². The van der Waals surface area contributed by atoms with Crippen LogP contribution in [-0.4, -0.2) is 21.7 Å². The molecule has 2 nitrogen and oxygen atoms in total. The standard InChI is InChI=1S/C6H11NOS/c1-4-3-6(2,8)5(9)7-4/h4,8H,3H2,1-2H3,(H,7,9)/t4-,6+/m0/s1. The molecule has 9 heavy (non-hydrogen) atoms. The number of nitrogens with one attached hydrogen (secondary N) is 1. The molecule has 0 bridgehead atoms. The van der Waals surface area contributed by atoms with E-state index in [1.165, 1.54) is 0 Å². The number of thiocarbonyl (C=S) groups is 1. The average molecular weight is 145 g/mol. The summed E-state index contributed by atoms with van der Waals surface area (Å²) in [5, 5.41) is 12.4. The minimum Gasteiger partial charge on any atom is -0.383 e. The van der Waals surface area contributed by atoms with E-state index >= 15 is 0 Å². The van der Waals surface area contributed by atoms with E-state index in [4.69, 9.17) is 12.2 Å². The molecule has 2 N–H and O–H groups in total. The number of aliphatic hydroxyl groups is 1. The van der Waals surface area contributed by atoms with Gasteiger partial charge in [-0.25, -0.2) is 0 Å². The van der Waals surface area contributed by atoms with E-state index in [0.29, 0.717) is 11.0 Å². The molecule has 0 aromatic rings. The van der Waals surface area contributed by atoms with Crippen molar-refractivity contribution < 1.29 is 5.11 Å². The zero-order valence-electron chi connectivity index (χ0n) is 5.64. The third kappa shape index (κ3) is 1.22. The van der Waals surface area contributed by atoms with Crippen LogP contribution in [0.5, 0.6) is 0 Å². The second-order valence-electron chi connectivity index (χ2n) is 2.85. The molecule has 3 heteroatoms. The van der Waals surface area contributed by atoms with Crippen LogP contribution < -0.4 is 5.32 Å². The summed E-state index contributed by atoms with van der Waals surface area (Å²) >= 11 is 4.87. The van der Waals surface area contributed by atoms with Gasteiger partial charge in [0.25, 0.3) is 0 Å². The summed E-state index contributed by atoms with van der Waals surface area (Å²) in [6, 6.07) is 0.326. The van der Waals surface area contributed by atoms with Crippen molar-refractivity contribution in [2.24, 2.45) is 0 Å². The Bertz CT molecular complexity index is 144. The van der Waals surface area contributed by atoms with Gasteiger partial charge in [0, 0.05) is 12.5 Å². The second kappa shape index (κ2) is 1.92. The van der Waals surface area contributed by atoms with Crippen molar-refractivity contribution in [1.29, 1.82) is 0 Å². The Morgan fingerprint density at radius 1 is 1.89 bits per heavy atom. The van der Waals surface area contributed by atoms with Crippen molar-refractivity contribution in [1.82, 2.24) is 5.32 Å². The largest absolute Gasteiger partial charge is 0.383 e. The summed E-state index contributed by atoms with van der Waals surface area (Å²) in [4.78, 5) is 0.579. The quantitative estimate of drug-likeness (QED) is 0.485. The highest BCUT2D eigenvalue weighted by Gasteiger charge is 2.35. The lowest BCUT2D eigenvalue weighted by Crippen LogP contribution is -2.32. The third-order valence-corrected chi connectivity index (χ3v) is 2.13. The molecular formula is C6H11NOS. The topological polar surface area (TPSA) is 32.3 Å². The molecule has 1 rings (SSSR count). The van der Waals surface area contributed by atoms with Crippen LogP contribution in [0.25, 0.3) is 0 Å². The lowest BCUT2D eigenvalue weighted by atomic mass is 10.0. The number of hydrogen-bond acceptors (Lipinski definition) is 2. The maximum absolute atomic E-state index is 9.43. The predicted octanol–water partition coefficient (Wildman–Crippen LogP) is 0.447. The highest BCUT2D eigenvalue weighted by Crippen LogP contribution is 2.19. The summed E-state index contributed by atoms with van der Waals surface area (Å²) in [5.41, 5.74) is -0.755. The Labute approximate surface area is 60.3 Å². The Kier molecular flexibility index (Phi) is 1.49. The second-order valence-corrected chi connectivity index (χ2v) is 3.26. The van der Waals surface area contributed by atoms with Crippen molar-refractivity contribution in [3.8, 4) is 0 Å². The van der Waals surface area contributed by atoms with E-state index in [1.807, 2.05) is 6.92 Å². The maximum atomic E-state index is 9.43. The SMILES string of the molecule is C[C@H]1C[C@@](C)(O)C(=S)N1. The monoisotopic (exact) mass is 145 g/mol. The molecule has 0 spiro atoms. The molecule has 1 saturated heterocycles. The zero-order valence-corrected chi connectivity index (χ0v) is 6.46. The first-order chi connectivity index (χ1) is 4.02. The Morgan fingerprint density at radius 3 is 2.56 bits per heavy atom. The lowest BCUT2D eigenvalue weighted by Gasteiger charge is -2.12. The van der Waals surface area contributed by atoms with Crippen molar-refractivity contribution in [3.05, 3.63) is 0 Å². The molecule has 0 saturated carbocycles. The fraction of sp³-hybridized carbons (Fsp3) is 0.833. The summed E-state index contributed by atoms with van der Waals surface area (Å²) in [6.45, 7) is 3.75. The van der Waals surface area contributed by atoms with Crippen LogP contribution >= 0.6 is 12.2 Å². The normalized spacial score (nSPS) is 43.0. The van der Waals surface area contributed by atoms with Gasteiger partial charge in [0.1, 0.15) is 10.6 Å². The molecule has 0 radical (unpaired) electrons. The molecule has 52 valence electrons. The molecular weight excluding hydrogens is 134 g/mol. The average Bonchev–Trinajstić information content (AvgIpc) is 1.79. The minimum atomic E-state index is -0.755. The van der Waals surface area contributed by atoms with Gasteiger partial charge in [0.05, 0.1) is 0 Å². The van der Waals surface area contributed by atoms with E-state index in [1.54, 1.807) is 6.92 Å². The fourth-order valence-electron chi connectivity index (χ4n) is 1.12. The fourth-order valence-corrected chi connectivity index (χ4v) is 1.40. The van der Waals surface area contributed by atoms with Gasteiger partial charge in [-0.2, -0.15) is 0 Å². The van der Waals surface area contributed by atoms with Crippen molar-refractivity contribution in [2.75, 3.05) is 0 Å². The van der Waals surface area contributed by atoms with Gasteiger partial charge in [-0.3, -0.25) is 0 Å². The molecule has 1 aliphatic heterocycles. The highest BCUT2D eigenvalue weighted by atomic mass is 32.1. The van der Waals surface area contributed by atoms with E-state index in [-0.39, 0.29) is 0 Å². The summed E-state index contributed by atoms with van der Waals surface area (Å²) in [7, 11) is 0. The third-order valence-electron chi connectivity index (χ3n) is 1.57. The van der Waals surface area contributed by atoms with Crippen LogP contribution in [-0.2, 0) is 0 Å². The molecule has 0 unspecified atom stereocenters. The minimum absolute atomic E-state index is 0.326. The van der Waals surface area contributed by atoms with Gasteiger partial charge in [0.2, 0.25) is 0 Å². The maximum Gasteiger partial charge on any atom is 0.114 e. The van der Waals surface area contributed by atoms with E-state index in [2.05, 4.69) is 5.32 Å². The van der Waals surface area contributed by atoms with Crippen molar-refractivity contribution in [3.63, 3.8) is 0 Å². The van der Waals surface area contributed by atoms with Gasteiger partial charge in [-0.15, -0.1) is 0 Å². The van der Waals surface area contributed by atoms with Gasteiger partial charge in [-0.1, -0.05) is 12.2 Å². The first kappa shape index (κ1) is 6.96. The molecule has 1 heterocycles. The first-order valence-corrected chi connectivity index (χ1v) is 3.46. The molecule has 1 aliphatic rings. The number of rotatable bonds is 0. The number of hydrogen-bond donors (Lipinski definition) is 2.